The van der Waals surface area contributed by atoms with Crippen molar-refractivity contribution in [3.8, 4) is 0 Å². The van der Waals surface area contributed by atoms with Crippen LogP contribution in [-0.2, 0) is 0 Å². The molecule has 64 valence electrons. The fourth-order valence-electron chi connectivity index (χ4n) is 1.42. The molecule has 0 amide bonds. The van der Waals surface area contributed by atoms with E-state index >= 15 is 0 Å². The first kappa shape index (κ1) is 9.27. The Labute approximate surface area is 77.6 Å². The molecule has 0 aromatic carbocycles. The number of hydrogen-bond donors (Lipinski definition) is 0. The van der Waals surface area contributed by atoms with Gasteiger partial charge in [0.2, 0.25) is 0 Å². The Balaban J connectivity index is 2.22. The lowest BCUT2D eigenvalue weighted by Crippen LogP contribution is -2.35. The highest BCUT2D eigenvalue weighted by atomic mass is 79.9. The summed E-state index contributed by atoms with van der Waals surface area (Å²) in [5.74, 6) is 0. The van der Waals surface area contributed by atoms with Gasteiger partial charge in [-0.3, -0.25) is 4.90 Å². The van der Waals surface area contributed by atoms with Crippen LogP contribution in [0.15, 0.2) is 12.2 Å². The van der Waals surface area contributed by atoms with E-state index in [0.717, 1.165) is 11.4 Å². The zero-order chi connectivity index (χ0) is 8.10. The predicted molar refractivity (Wildman–Crippen MR) is 53.2 cm³/mol. The van der Waals surface area contributed by atoms with Crippen molar-refractivity contribution < 1.29 is 0 Å². The van der Waals surface area contributed by atoms with Crippen molar-refractivity contribution in [3.63, 3.8) is 0 Å². The summed E-state index contributed by atoms with van der Waals surface area (Å²) in [6.45, 7) is 5.69. The van der Waals surface area contributed by atoms with Gasteiger partial charge in [-0.25, -0.2) is 0 Å². The molecule has 1 unspecified atom stereocenters. The molecule has 0 bridgehead atoms. The van der Waals surface area contributed by atoms with Gasteiger partial charge in [-0.15, -0.1) is 0 Å². The van der Waals surface area contributed by atoms with Gasteiger partial charge in [-0.2, -0.15) is 0 Å². The third-order valence-corrected chi connectivity index (χ3v) is 2.79. The lowest BCUT2D eigenvalue weighted by atomic mass is 10.1. The molecule has 0 spiro atoms. The maximum atomic E-state index is 3.65. The van der Waals surface area contributed by atoms with E-state index in [4.69, 9.17) is 0 Å². The second-order valence-electron chi connectivity index (χ2n) is 3.07. The molecule has 0 aliphatic carbocycles. The number of halogens is 1. The van der Waals surface area contributed by atoms with Crippen LogP contribution < -0.4 is 0 Å². The third-order valence-electron chi connectivity index (χ3n) is 2.05. The lowest BCUT2D eigenvalue weighted by molar-refractivity contribution is 0.259. The van der Waals surface area contributed by atoms with Crippen LogP contribution >= 0.6 is 15.9 Å². The fourth-order valence-corrected chi connectivity index (χ4v) is 2.15. The molecule has 1 nitrogen and oxygen atoms in total. The van der Waals surface area contributed by atoms with Crippen molar-refractivity contribution in [2.45, 2.75) is 24.6 Å². The Kier molecular flexibility index (Phi) is 4.16. The number of allylic oxidation sites excluding steroid dienone is 1. The average molecular weight is 218 g/mol. The van der Waals surface area contributed by atoms with Gasteiger partial charge in [-0.05, 0) is 26.3 Å². The van der Waals surface area contributed by atoms with Crippen LogP contribution in [0.2, 0.25) is 0 Å². The highest BCUT2D eigenvalue weighted by Crippen LogP contribution is 2.16. The summed E-state index contributed by atoms with van der Waals surface area (Å²) in [5, 5.41) is 0. The maximum Gasteiger partial charge on any atom is 0.0273 e. The van der Waals surface area contributed by atoms with E-state index in [-0.39, 0.29) is 0 Å². The van der Waals surface area contributed by atoms with Crippen molar-refractivity contribution >= 4 is 15.9 Å². The zero-order valence-corrected chi connectivity index (χ0v) is 8.68. The minimum atomic E-state index is 0.724. The number of nitrogens with zero attached hydrogens (tertiary/aromatic N) is 1. The molecule has 0 aromatic rings. The number of likely N-dealkylation sites (tertiary alicyclic amines) is 1. The van der Waals surface area contributed by atoms with Gasteiger partial charge in [0.25, 0.3) is 0 Å². The number of alkyl halides is 1. The molecule has 1 heterocycles. The molecule has 0 aromatic heterocycles. The van der Waals surface area contributed by atoms with Crippen molar-refractivity contribution in [1.82, 2.24) is 4.90 Å². The second kappa shape index (κ2) is 4.94. The molecular weight excluding hydrogens is 202 g/mol. The van der Waals surface area contributed by atoms with E-state index in [0.29, 0.717) is 0 Å². The quantitative estimate of drug-likeness (QED) is 0.508. The van der Waals surface area contributed by atoms with Gasteiger partial charge >= 0.3 is 0 Å². The maximum absolute atomic E-state index is 3.65. The Hall–Kier alpha value is 0.180. The van der Waals surface area contributed by atoms with Crippen LogP contribution in [0.25, 0.3) is 0 Å². The van der Waals surface area contributed by atoms with Crippen molar-refractivity contribution in [1.29, 1.82) is 0 Å². The molecule has 0 N–H and O–H groups in total. The Morgan fingerprint density at radius 3 is 3.09 bits per heavy atom. The summed E-state index contributed by atoms with van der Waals surface area (Å²) in [5.41, 5.74) is 0. The molecule has 2 heteroatoms. The normalized spacial score (nSPS) is 28.0. The van der Waals surface area contributed by atoms with E-state index in [1.54, 1.807) is 0 Å². The molecular formula is C9H16BrN. The van der Waals surface area contributed by atoms with Crippen LogP contribution in [0.1, 0.15) is 19.8 Å². The van der Waals surface area contributed by atoms with Gasteiger partial charge in [0.15, 0.2) is 0 Å². The van der Waals surface area contributed by atoms with Crippen molar-refractivity contribution in [3.05, 3.63) is 12.2 Å². The standard InChI is InChI=1S/C9H16BrN/c1-2-3-6-11-7-4-5-9(10)8-11/h2-3,9H,4-8H2,1H3/b3-2+. The van der Waals surface area contributed by atoms with Crippen LogP contribution in [-0.4, -0.2) is 29.4 Å². The molecule has 1 saturated heterocycles. The highest BCUT2D eigenvalue weighted by molar-refractivity contribution is 9.09. The van der Waals surface area contributed by atoms with Gasteiger partial charge in [-0.1, -0.05) is 28.1 Å². The first-order valence-corrected chi connectivity index (χ1v) is 5.22. The number of rotatable bonds is 2. The smallest absolute Gasteiger partial charge is 0.0273 e. The topological polar surface area (TPSA) is 3.24 Å². The first-order chi connectivity index (χ1) is 5.33. The van der Waals surface area contributed by atoms with Gasteiger partial charge in [0.05, 0.1) is 0 Å². The molecule has 0 radical (unpaired) electrons. The Bertz CT molecular complexity index is 134. The molecule has 11 heavy (non-hydrogen) atoms. The largest absolute Gasteiger partial charge is 0.299 e. The molecule has 1 fully saturated rings. The van der Waals surface area contributed by atoms with E-state index in [1.165, 1.54) is 25.9 Å². The summed E-state index contributed by atoms with van der Waals surface area (Å²) in [7, 11) is 0. The van der Waals surface area contributed by atoms with Gasteiger partial charge in [0.1, 0.15) is 0 Å². The van der Waals surface area contributed by atoms with E-state index in [1.807, 2.05) is 0 Å². The Morgan fingerprint density at radius 2 is 2.45 bits per heavy atom. The summed E-state index contributed by atoms with van der Waals surface area (Å²) < 4.78 is 0. The molecule has 1 rings (SSSR count). The number of piperidine rings is 1. The zero-order valence-electron chi connectivity index (χ0n) is 7.09. The first-order valence-electron chi connectivity index (χ1n) is 4.30. The van der Waals surface area contributed by atoms with E-state index in [9.17, 15) is 0 Å². The van der Waals surface area contributed by atoms with E-state index < -0.39 is 0 Å². The molecule has 1 atom stereocenters. The van der Waals surface area contributed by atoms with Crippen LogP contribution in [0.3, 0.4) is 0 Å². The predicted octanol–water partition coefficient (Wildman–Crippen LogP) is 2.42. The van der Waals surface area contributed by atoms with Crippen LogP contribution in [0, 0.1) is 0 Å². The average Bonchev–Trinajstić information content (AvgIpc) is 2.01. The lowest BCUT2D eigenvalue weighted by Gasteiger charge is -2.28. The Morgan fingerprint density at radius 1 is 1.64 bits per heavy atom. The van der Waals surface area contributed by atoms with E-state index in [2.05, 4.69) is 39.9 Å². The van der Waals surface area contributed by atoms with Crippen LogP contribution in [0.4, 0.5) is 0 Å². The van der Waals surface area contributed by atoms with Crippen molar-refractivity contribution in [2.75, 3.05) is 19.6 Å². The molecule has 0 saturated carbocycles. The minimum Gasteiger partial charge on any atom is -0.299 e. The summed E-state index contributed by atoms with van der Waals surface area (Å²) in [4.78, 5) is 3.21. The monoisotopic (exact) mass is 217 g/mol. The third kappa shape index (κ3) is 3.39. The summed E-state index contributed by atoms with van der Waals surface area (Å²) in [6, 6.07) is 0. The van der Waals surface area contributed by atoms with Crippen molar-refractivity contribution in [2.24, 2.45) is 0 Å². The fraction of sp³-hybridized carbons (Fsp3) is 0.778. The summed E-state index contributed by atoms with van der Waals surface area (Å²) >= 11 is 3.65. The summed E-state index contributed by atoms with van der Waals surface area (Å²) in [6.07, 6.45) is 7.03. The minimum absolute atomic E-state index is 0.724. The van der Waals surface area contributed by atoms with Gasteiger partial charge in [0, 0.05) is 17.9 Å². The number of hydrogen-bond acceptors (Lipinski definition) is 1. The molecule has 1 aliphatic heterocycles. The molecule has 1 aliphatic rings. The van der Waals surface area contributed by atoms with Crippen LogP contribution in [0.5, 0.6) is 0 Å². The van der Waals surface area contributed by atoms with Gasteiger partial charge < -0.3 is 0 Å². The second-order valence-corrected chi connectivity index (χ2v) is 4.36. The highest BCUT2D eigenvalue weighted by Gasteiger charge is 2.15. The SMILES string of the molecule is C/C=C/CN1CCCC(Br)C1.